The van der Waals surface area contributed by atoms with E-state index in [1.54, 1.807) is 27.7 Å². The number of rotatable bonds is 0. The van der Waals surface area contributed by atoms with E-state index in [4.69, 9.17) is 10.2 Å². The van der Waals surface area contributed by atoms with Gasteiger partial charge in [-0.2, -0.15) is 0 Å². The minimum atomic E-state index is -0.167. The molecule has 0 bridgehead atoms. The van der Waals surface area contributed by atoms with Gasteiger partial charge in [-0.1, -0.05) is 13.8 Å². The van der Waals surface area contributed by atoms with Crippen molar-refractivity contribution in [1.29, 1.82) is 0 Å². The van der Waals surface area contributed by atoms with Gasteiger partial charge in [0, 0.05) is 33.9 Å². The van der Waals surface area contributed by atoms with Gasteiger partial charge in [-0.05, 0) is 27.7 Å². The Bertz CT molecular complexity index is 27.6. The third kappa shape index (κ3) is 1970. The minimum absolute atomic E-state index is 0. The van der Waals surface area contributed by atoms with E-state index in [0.717, 1.165) is 0 Å². The summed E-state index contributed by atoms with van der Waals surface area (Å²) in [4.78, 5) is 0. The molecular weight excluding hydrogens is 176 g/mol. The van der Waals surface area contributed by atoms with E-state index in [9.17, 15) is 0 Å². The van der Waals surface area contributed by atoms with Crippen LogP contribution in [0, 0.1) is 0 Å². The molecule has 0 aliphatic carbocycles. The molecule has 2 nitrogen and oxygen atoms in total. The summed E-state index contributed by atoms with van der Waals surface area (Å²) in [6.07, 6.45) is -0.333. The molecule has 0 spiro atoms. The van der Waals surface area contributed by atoms with Crippen molar-refractivity contribution in [2.24, 2.45) is 0 Å². The van der Waals surface area contributed by atoms with Gasteiger partial charge in [0.15, 0.2) is 0 Å². The van der Waals surface area contributed by atoms with E-state index >= 15 is 0 Å². The number of aliphatic hydroxyl groups excluding tert-OH is 2. The zero-order valence-electron chi connectivity index (χ0n) is 8.55. The molecule has 0 heterocycles. The van der Waals surface area contributed by atoms with Gasteiger partial charge in [-0.3, -0.25) is 0 Å². The molecule has 0 saturated heterocycles. The molecule has 0 fully saturated rings. The van der Waals surface area contributed by atoms with E-state index in [1.807, 2.05) is 13.8 Å². The Morgan fingerprint density at radius 1 is 0.727 bits per heavy atom. The molecular formula is C8H22O2Ti. The smallest absolute Gasteiger partial charge is 0.0483 e. The molecule has 0 saturated carbocycles. The van der Waals surface area contributed by atoms with Crippen LogP contribution in [-0.2, 0) is 21.7 Å². The number of hydrogen-bond acceptors (Lipinski definition) is 2. The van der Waals surface area contributed by atoms with Crippen molar-refractivity contribution >= 4 is 0 Å². The Hall–Kier alpha value is 0.634. The van der Waals surface area contributed by atoms with E-state index in [1.165, 1.54) is 0 Å². The first kappa shape index (κ1) is 22.6. The van der Waals surface area contributed by atoms with Gasteiger partial charge in [-0.15, -0.1) is 0 Å². The van der Waals surface area contributed by atoms with E-state index in [2.05, 4.69) is 0 Å². The van der Waals surface area contributed by atoms with Crippen LogP contribution in [0.4, 0.5) is 0 Å². The second-order valence-electron chi connectivity index (χ2n) is 2.19. The minimum Gasteiger partial charge on any atom is -0.394 e. The van der Waals surface area contributed by atoms with Gasteiger partial charge in [0.2, 0.25) is 0 Å². The van der Waals surface area contributed by atoms with Crippen molar-refractivity contribution in [3.63, 3.8) is 0 Å². The van der Waals surface area contributed by atoms with E-state index < -0.39 is 0 Å². The van der Waals surface area contributed by atoms with Crippen LogP contribution < -0.4 is 0 Å². The van der Waals surface area contributed by atoms with E-state index in [-0.39, 0.29) is 33.9 Å². The molecule has 0 radical (unpaired) electrons. The van der Waals surface area contributed by atoms with Crippen LogP contribution in [0.3, 0.4) is 0 Å². The van der Waals surface area contributed by atoms with Gasteiger partial charge >= 0.3 is 0 Å². The predicted octanol–water partition coefficient (Wildman–Crippen LogP) is 1.80. The maximum atomic E-state index is 8.06. The van der Waals surface area contributed by atoms with Crippen LogP contribution in [0.15, 0.2) is 0 Å². The molecule has 3 heteroatoms. The molecule has 0 aliphatic rings. The topological polar surface area (TPSA) is 40.5 Å². The zero-order chi connectivity index (χ0) is 9.15. The summed E-state index contributed by atoms with van der Waals surface area (Å²) in [7, 11) is 0. The first-order chi connectivity index (χ1) is 4.46. The zero-order valence-corrected chi connectivity index (χ0v) is 10.1. The fourth-order valence-corrected chi connectivity index (χ4v) is 0. The maximum Gasteiger partial charge on any atom is 0.0483 e. The number of aliphatic hydroxyl groups is 2. The predicted molar refractivity (Wildman–Crippen MR) is 46.1 cm³/mol. The Morgan fingerprint density at radius 2 is 0.727 bits per heavy atom. The van der Waals surface area contributed by atoms with Crippen molar-refractivity contribution in [2.75, 3.05) is 0 Å². The molecule has 11 heavy (non-hydrogen) atoms. The SMILES string of the molecule is CC.CC(C)O.CC(C)O.[Ti]. The molecule has 70 valence electrons. The Labute approximate surface area is 85.9 Å². The molecule has 0 aromatic rings. The van der Waals surface area contributed by atoms with Crippen LogP contribution >= 0.6 is 0 Å². The quantitative estimate of drug-likeness (QED) is 0.582. The van der Waals surface area contributed by atoms with E-state index in [0.29, 0.717) is 0 Å². The van der Waals surface area contributed by atoms with Crippen molar-refractivity contribution < 1.29 is 31.9 Å². The normalized spacial score (nSPS) is 7.09. The third-order valence-corrected chi connectivity index (χ3v) is 0. The van der Waals surface area contributed by atoms with Crippen LogP contribution in [-0.4, -0.2) is 22.4 Å². The summed E-state index contributed by atoms with van der Waals surface area (Å²) in [6, 6.07) is 0. The molecule has 0 aromatic heterocycles. The van der Waals surface area contributed by atoms with Gasteiger partial charge in [0.05, 0.1) is 0 Å². The fourth-order valence-electron chi connectivity index (χ4n) is 0. The second kappa shape index (κ2) is 22.4. The average Bonchev–Trinajstić information content (AvgIpc) is 1.66. The van der Waals surface area contributed by atoms with Crippen molar-refractivity contribution in [1.82, 2.24) is 0 Å². The first-order valence-electron chi connectivity index (χ1n) is 3.83. The van der Waals surface area contributed by atoms with Crippen LogP contribution in [0.25, 0.3) is 0 Å². The van der Waals surface area contributed by atoms with Gasteiger partial charge in [0.1, 0.15) is 0 Å². The monoisotopic (exact) mass is 198 g/mol. The van der Waals surface area contributed by atoms with Gasteiger partial charge < -0.3 is 10.2 Å². The van der Waals surface area contributed by atoms with Crippen LogP contribution in [0.5, 0.6) is 0 Å². The summed E-state index contributed by atoms with van der Waals surface area (Å²) in [6.45, 7) is 10.9. The average molecular weight is 198 g/mol. The van der Waals surface area contributed by atoms with Crippen LogP contribution in [0.1, 0.15) is 41.5 Å². The summed E-state index contributed by atoms with van der Waals surface area (Å²) >= 11 is 0. The van der Waals surface area contributed by atoms with Crippen molar-refractivity contribution in [2.45, 2.75) is 53.8 Å². The Morgan fingerprint density at radius 3 is 0.727 bits per heavy atom. The molecule has 0 aliphatic heterocycles. The summed E-state index contributed by atoms with van der Waals surface area (Å²) in [5.41, 5.74) is 0. The van der Waals surface area contributed by atoms with Crippen molar-refractivity contribution in [3.8, 4) is 0 Å². The maximum absolute atomic E-state index is 8.06. The van der Waals surface area contributed by atoms with Crippen LogP contribution in [0.2, 0.25) is 0 Å². The Balaban J connectivity index is -0.0000000339. The molecule has 0 unspecified atom stereocenters. The van der Waals surface area contributed by atoms with Gasteiger partial charge in [-0.25, -0.2) is 0 Å². The van der Waals surface area contributed by atoms with Gasteiger partial charge in [0.25, 0.3) is 0 Å². The standard InChI is InChI=1S/2C3H8O.C2H6.Ti/c2*1-3(2)4;1-2;/h2*3-4H,1-2H3;1-2H3;. The molecule has 0 rings (SSSR count). The summed E-state index contributed by atoms with van der Waals surface area (Å²) in [5, 5.41) is 16.1. The summed E-state index contributed by atoms with van der Waals surface area (Å²) in [5.74, 6) is 0. The second-order valence-corrected chi connectivity index (χ2v) is 2.19. The largest absolute Gasteiger partial charge is 0.394 e. The van der Waals surface area contributed by atoms with Crippen molar-refractivity contribution in [3.05, 3.63) is 0 Å². The first-order valence-corrected chi connectivity index (χ1v) is 3.83. The molecule has 0 amide bonds. The third-order valence-electron chi connectivity index (χ3n) is 0. The molecule has 0 atom stereocenters. The molecule has 2 N–H and O–H groups in total. The number of hydrogen-bond donors (Lipinski definition) is 2. The fraction of sp³-hybridized carbons (Fsp3) is 1.00. The summed E-state index contributed by atoms with van der Waals surface area (Å²) < 4.78 is 0. The Kier molecular flexibility index (Phi) is 46.0. The molecule has 0 aromatic carbocycles.